The third-order valence-electron chi connectivity index (χ3n) is 3.88. The first-order valence-electron chi connectivity index (χ1n) is 7.22. The van der Waals surface area contributed by atoms with Crippen molar-refractivity contribution in [3.63, 3.8) is 0 Å². The highest BCUT2D eigenvalue weighted by atomic mass is 19.2. The first-order chi connectivity index (χ1) is 11.4. The molecule has 0 amide bonds. The number of para-hydroxylation sites is 1. The van der Waals surface area contributed by atoms with Crippen LogP contribution in [-0.2, 0) is 6.42 Å². The van der Waals surface area contributed by atoms with Gasteiger partial charge in [-0.3, -0.25) is 4.98 Å². The lowest BCUT2D eigenvalue weighted by molar-refractivity contribution is 0.0695. The second-order valence-corrected chi connectivity index (χ2v) is 5.26. The van der Waals surface area contributed by atoms with Gasteiger partial charge in [0, 0.05) is 28.8 Å². The van der Waals surface area contributed by atoms with E-state index in [2.05, 4.69) is 4.98 Å². The summed E-state index contributed by atoms with van der Waals surface area (Å²) in [7, 11) is 0. The zero-order chi connectivity index (χ0) is 17.4. The van der Waals surface area contributed by atoms with E-state index in [-0.39, 0.29) is 16.7 Å². The Labute approximate surface area is 135 Å². The summed E-state index contributed by atoms with van der Waals surface area (Å²) in [4.78, 5) is 15.4. The fraction of sp³-hybridized carbons (Fsp3) is 0.111. The number of nitrogens with zero attached hydrogens (tertiary/aromatic N) is 1. The minimum absolute atomic E-state index is 0.0491. The second-order valence-electron chi connectivity index (χ2n) is 5.26. The highest BCUT2D eigenvalue weighted by Crippen LogP contribution is 2.33. The summed E-state index contributed by atoms with van der Waals surface area (Å²) < 4.78 is 41.2. The third kappa shape index (κ3) is 2.50. The normalized spacial score (nSPS) is 11.0. The van der Waals surface area contributed by atoms with Crippen LogP contribution in [-0.4, -0.2) is 16.1 Å². The van der Waals surface area contributed by atoms with Gasteiger partial charge in [-0.25, -0.2) is 18.0 Å². The highest BCUT2D eigenvalue weighted by Gasteiger charge is 2.19. The van der Waals surface area contributed by atoms with Crippen LogP contribution in [0.2, 0.25) is 0 Å². The van der Waals surface area contributed by atoms with Crippen LogP contribution in [0.15, 0.2) is 36.5 Å². The average Bonchev–Trinajstić information content (AvgIpc) is 2.56. The summed E-state index contributed by atoms with van der Waals surface area (Å²) in [5.74, 6) is -4.49. The molecule has 1 N–H and O–H groups in total. The van der Waals surface area contributed by atoms with Crippen molar-refractivity contribution < 1.29 is 23.1 Å². The lowest BCUT2D eigenvalue weighted by atomic mass is 9.96. The lowest BCUT2D eigenvalue weighted by Crippen LogP contribution is -2.04. The number of hydrogen-bond donors (Lipinski definition) is 1. The van der Waals surface area contributed by atoms with Crippen molar-refractivity contribution in [2.75, 3.05) is 0 Å². The summed E-state index contributed by atoms with van der Waals surface area (Å²) in [6, 6.07) is 6.09. The molecule has 0 aliphatic rings. The van der Waals surface area contributed by atoms with Crippen LogP contribution in [0.5, 0.6) is 0 Å². The predicted molar refractivity (Wildman–Crippen MR) is 83.4 cm³/mol. The zero-order valence-electron chi connectivity index (χ0n) is 12.6. The Morgan fingerprint density at radius 1 is 1.17 bits per heavy atom. The molecule has 0 saturated carbocycles. The van der Waals surface area contributed by atoms with Crippen LogP contribution >= 0.6 is 0 Å². The molecule has 0 spiro atoms. The summed E-state index contributed by atoms with van der Waals surface area (Å²) in [6.45, 7) is 1.79. The Morgan fingerprint density at radius 3 is 2.58 bits per heavy atom. The highest BCUT2D eigenvalue weighted by molar-refractivity contribution is 6.01. The fourth-order valence-electron chi connectivity index (χ4n) is 2.81. The Hall–Kier alpha value is -2.89. The fourth-order valence-corrected chi connectivity index (χ4v) is 2.81. The smallest absolute Gasteiger partial charge is 0.337 e. The Balaban J connectivity index is 2.38. The molecule has 6 heteroatoms. The molecule has 1 aromatic heterocycles. The number of carboxylic acid groups (broad SMARTS) is 1. The molecular weight excluding hydrogens is 319 g/mol. The van der Waals surface area contributed by atoms with E-state index in [0.29, 0.717) is 29.0 Å². The Bertz CT molecular complexity index is 970. The molecular formula is C18H12F3NO2. The average molecular weight is 331 g/mol. The van der Waals surface area contributed by atoms with E-state index < -0.39 is 23.4 Å². The summed E-state index contributed by atoms with van der Waals surface area (Å²) >= 11 is 0. The molecule has 3 rings (SSSR count). The van der Waals surface area contributed by atoms with Gasteiger partial charge in [0.1, 0.15) is 5.82 Å². The van der Waals surface area contributed by atoms with Crippen LogP contribution in [0.25, 0.3) is 22.0 Å². The summed E-state index contributed by atoms with van der Waals surface area (Å²) in [5, 5.41) is 9.77. The first kappa shape index (κ1) is 16.0. The Kier molecular flexibility index (Phi) is 3.97. The summed E-state index contributed by atoms with van der Waals surface area (Å²) in [5.41, 5.74) is 0.827. The van der Waals surface area contributed by atoms with E-state index in [1.165, 1.54) is 12.3 Å². The van der Waals surface area contributed by atoms with E-state index >= 15 is 0 Å². The van der Waals surface area contributed by atoms with Gasteiger partial charge >= 0.3 is 5.97 Å². The van der Waals surface area contributed by atoms with E-state index in [9.17, 15) is 23.1 Å². The zero-order valence-corrected chi connectivity index (χ0v) is 12.6. The lowest BCUT2D eigenvalue weighted by Gasteiger charge is -2.12. The molecule has 2 aromatic carbocycles. The van der Waals surface area contributed by atoms with Crippen molar-refractivity contribution >= 4 is 16.9 Å². The van der Waals surface area contributed by atoms with Gasteiger partial charge in [-0.1, -0.05) is 25.1 Å². The van der Waals surface area contributed by atoms with Crippen LogP contribution < -0.4 is 0 Å². The minimum atomic E-state index is -1.29. The molecule has 1 heterocycles. The molecule has 0 saturated heterocycles. The third-order valence-corrected chi connectivity index (χ3v) is 3.88. The van der Waals surface area contributed by atoms with Crippen LogP contribution in [0.4, 0.5) is 13.2 Å². The van der Waals surface area contributed by atoms with Crippen molar-refractivity contribution in [2.24, 2.45) is 0 Å². The number of benzene rings is 2. The van der Waals surface area contributed by atoms with Crippen molar-refractivity contribution in [3.8, 4) is 11.1 Å². The van der Waals surface area contributed by atoms with Gasteiger partial charge < -0.3 is 5.11 Å². The van der Waals surface area contributed by atoms with Gasteiger partial charge in [0.15, 0.2) is 11.6 Å². The maximum atomic E-state index is 14.1. The molecule has 24 heavy (non-hydrogen) atoms. The second kappa shape index (κ2) is 5.96. The number of fused-ring (bicyclic) bond motifs is 1. The molecule has 0 radical (unpaired) electrons. The number of halogens is 3. The first-order valence-corrected chi connectivity index (χ1v) is 7.22. The predicted octanol–water partition coefficient (Wildman–Crippen LogP) is 4.58. The largest absolute Gasteiger partial charge is 0.478 e. The van der Waals surface area contributed by atoms with Gasteiger partial charge in [0.05, 0.1) is 11.1 Å². The van der Waals surface area contributed by atoms with Crippen LogP contribution in [0, 0.1) is 17.5 Å². The molecule has 0 fully saturated rings. The minimum Gasteiger partial charge on any atom is -0.478 e. The number of aromatic nitrogens is 1. The Morgan fingerprint density at radius 2 is 1.92 bits per heavy atom. The van der Waals surface area contributed by atoms with Gasteiger partial charge in [-0.05, 0) is 18.1 Å². The van der Waals surface area contributed by atoms with Crippen molar-refractivity contribution in [1.29, 1.82) is 0 Å². The number of carboxylic acids is 1. The molecule has 122 valence electrons. The quantitative estimate of drug-likeness (QED) is 0.715. The molecule has 3 aromatic rings. The molecule has 0 unspecified atom stereocenters. The van der Waals surface area contributed by atoms with Crippen molar-refractivity contribution in [3.05, 3.63) is 65.1 Å². The SMILES string of the molecule is CCc1c(C(=O)O)cnc2c(-c3cc(F)cc(F)c3F)cccc12. The van der Waals surface area contributed by atoms with E-state index in [1.54, 1.807) is 19.1 Å². The molecule has 0 aliphatic carbocycles. The maximum absolute atomic E-state index is 14.1. The number of hydrogen-bond acceptors (Lipinski definition) is 2. The molecule has 0 aliphatic heterocycles. The van der Waals surface area contributed by atoms with Crippen LogP contribution in [0.1, 0.15) is 22.8 Å². The van der Waals surface area contributed by atoms with Gasteiger partial charge in [0.25, 0.3) is 0 Å². The van der Waals surface area contributed by atoms with E-state index in [1.807, 2.05) is 0 Å². The van der Waals surface area contributed by atoms with E-state index in [4.69, 9.17) is 0 Å². The van der Waals surface area contributed by atoms with E-state index in [0.717, 1.165) is 6.07 Å². The maximum Gasteiger partial charge on any atom is 0.337 e. The van der Waals surface area contributed by atoms with Gasteiger partial charge in [-0.15, -0.1) is 0 Å². The molecule has 0 bridgehead atoms. The van der Waals surface area contributed by atoms with Crippen molar-refractivity contribution in [1.82, 2.24) is 4.98 Å². The van der Waals surface area contributed by atoms with Gasteiger partial charge in [-0.2, -0.15) is 0 Å². The van der Waals surface area contributed by atoms with Crippen LogP contribution in [0.3, 0.4) is 0 Å². The number of aromatic carboxylic acids is 1. The number of aryl methyl sites for hydroxylation is 1. The topological polar surface area (TPSA) is 50.2 Å². The number of rotatable bonds is 3. The number of carbonyl (C=O) groups is 1. The standard InChI is InChI=1S/C18H12F3NO2/c1-2-10-11-4-3-5-12(17(11)22-8-14(10)18(23)24)13-6-9(19)7-15(20)16(13)21/h3-8H,2H2,1H3,(H,23,24). The molecule has 0 atom stereocenters. The van der Waals surface area contributed by atoms with Crippen molar-refractivity contribution in [2.45, 2.75) is 13.3 Å². The monoisotopic (exact) mass is 331 g/mol. The number of pyridine rings is 1. The summed E-state index contributed by atoms with van der Waals surface area (Å²) in [6.07, 6.45) is 1.60. The molecule has 3 nitrogen and oxygen atoms in total. The van der Waals surface area contributed by atoms with Gasteiger partial charge in [0.2, 0.25) is 0 Å².